The summed E-state index contributed by atoms with van der Waals surface area (Å²) in [5.41, 5.74) is 1.16. The fourth-order valence-corrected chi connectivity index (χ4v) is 2.01. The standard InChI is InChI=1S/C16H23NO3/c1-3-12-17(13-11-16(19)20-2)15(18)10-9-14-7-5-4-6-8-14/h4-8H,3,9-13H2,1-2H3. The number of methoxy groups -OCH3 is 1. The van der Waals surface area contributed by atoms with Crippen LogP contribution in [0, 0.1) is 0 Å². The van der Waals surface area contributed by atoms with Crippen molar-refractivity contribution < 1.29 is 14.3 Å². The van der Waals surface area contributed by atoms with Crippen molar-refractivity contribution in [3.63, 3.8) is 0 Å². The largest absolute Gasteiger partial charge is 0.469 e. The molecule has 0 aromatic heterocycles. The Hall–Kier alpha value is -1.84. The summed E-state index contributed by atoms with van der Waals surface area (Å²) in [4.78, 5) is 25.1. The minimum Gasteiger partial charge on any atom is -0.469 e. The molecular weight excluding hydrogens is 254 g/mol. The van der Waals surface area contributed by atoms with Gasteiger partial charge in [0.1, 0.15) is 0 Å². The zero-order chi connectivity index (χ0) is 14.8. The molecule has 20 heavy (non-hydrogen) atoms. The molecule has 1 aromatic carbocycles. The van der Waals surface area contributed by atoms with Gasteiger partial charge in [-0.25, -0.2) is 0 Å². The van der Waals surface area contributed by atoms with Crippen molar-refractivity contribution in [3.05, 3.63) is 35.9 Å². The van der Waals surface area contributed by atoms with Gasteiger partial charge in [0.25, 0.3) is 0 Å². The van der Waals surface area contributed by atoms with E-state index in [1.54, 1.807) is 4.90 Å². The van der Waals surface area contributed by atoms with Crippen LogP contribution in [0.4, 0.5) is 0 Å². The minimum atomic E-state index is -0.276. The van der Waals surface area contributed by atoms with Crippen LogP contribution in [0.2, 0.25) is 0 Å². The highest BCUT2D eigenvalue weighted by Crippen LogP contribution is 2.06. The SMILES string of the molecule is CCCN(CCC(=O)OC)C(=O)CCc1ccccc1. The van der Waals surface area contributed by atoms with Gasteiger partial charge in [-0.2, -0.15) is 0 Å². The van der Waals surface area contributed by atoms with Gasteiger partial charge in [-0.3, -0.25) is 9.59 Å². The van der Waals surface area contributed by atoms with E-state index in [0.29, 0.717) is 19.5 Å². The number of esters is 1. The molecular formula is C16H23NO3. The van der Waals surface area contributed by atoms with Crippen molar-refractivity contribution in [1.29, 1.82) is 0 Å². The van der Waals surface area contributed by atoms with Gasteiger partial charge in [0.15, 0.2) is 0 Å². The first kappa shape index (κ1) is 16.2. The van der Waals surface area contributed by atoms with Crippen LogP contribution < -0.4 is 0 Å². The average Bonchev–Trinajstić information content (AvgIpc) is 2.49. The fraction of sp³-hybridized carbons (Fsp3) is 0.500. The number of ether oxygens (including phenoxy) is 1. The Bertz CT molecular complexity index is 417. The summed E-state index contributed by atoms with van der Waals surface area (Å²) in [5.74, 6) is -0.179. The lowest BCUT2D eigenvalue weighted by atomic mass is 10.1. The highest BCUT2D eigenvalue weighted by Gasteiger charge is 2.14. The number of rotatable bonds is 8. The number of benzene rings is 1. The number of carbonyl (C=O) groups excluding carboxylic acids is 2. The number of nitrogens with zero attached hydrogens (tertiary/aromatic N) is 1. The monoisotopic (exact) mass is 277 g/mol. The van der Waals surface area contributed by atoms with Crippen LogP contribution in [0.5, 0.6) is 0 Å². The third-order valence-corrected chi connectivity index (χ3v) is 3.13. The quantitative estimate of drug-likeness (QED) is 0.686. The molecule has 0 atom stereocenters. The number of hydrogen-bond acceptors (Lipinski definition) is 3. The molecule has 0 spiro atoms. The summed E-state index contributed by atoms with van der Waals surface area (Å²) < 4.78 is 4.61. The minimum absolute atomic E-state index is 0.0969. The molecule has 4 heteroatoms. The number of carbonyl (C=O) groups is 2. The van der Waals surface area contributed by atoms with Gasteiger partial charge in [-0.05, 0) is 18.4 Å². The van der Waals surface area contributed by atoms with Gasteiger partial charge in [-0.1, -0.05) is 37.3 Å². The first-order valence-corrected chi connectivity index (χ1v) is 7.06. The van der Waals surface area contributed by atoms with Crippen molar-refractivity contribution in [1.82, 2.24) is 4.90 Å². The molecule has 0 bridgehead atoms. The van der Waals surface area contributed by atoms with Crippen molar-refractivity contribution in [3.8, 4) is 0 Å². The number of amides is 1. The molecule has 0 radical (unpaired) electrons. The predicted octanol–water partition coefficient (Wildman–Crippen LogP) is 2.42. The molecule has 4 nitrogen and oxygen atoms in total. The highest BCUT2D eigenvalue weighted by atomic mass is 16.5. The van der Waals surface area contributed by atoms with Crippen LogP contribution >= 0.6 is 0 Å². The Morgan fingerprint density at radius 3 is 2.40 bits per heavy atom. The van der Waals surface area contributed by atoms with E-state index in [1.807, 2.05) is 37.3 Å². The molecule has 110 valence electrons. The Labute approximate surface area is 120 Å². The van der Waals surface area contributed by atoms with E-state index in [4.69, 9.17) is 0 Å². The Morgan fingerprint density at radius 2 is 1.80 bits per heavy atom. The second-order valence-electron chi connectivity index (χ2n) is 4.69. The predicted molar refractivity (Wildman–Crippen MR) is 78.3 cm³/mol. The van der Waals surface area contributed by atoms with Crippen molar-refractivity contribution >= 4 is 11.9 Å². The molecule has 0 unspecified atom stereocenters. The molecule has 1 rings (SSSR count). The summed E-state index contributed by atoms with van der Waals surface area (Å²) in [7, 11) is 1.36. The number of aryl methyl sites for hydroxylation is 1. The van der Waals surface area contributed by atoms with E-state index < -0.39 is 0 Å². The van der Waals surface area contributed by atoms with Crippen LogP contribution in [-0.4, -0.2) is 37.0 Å². The zero-order valence-corrected chi connectivity index (χ0v) is 12.3. The normalized spacial score (nSPS) is 10.1. The van der Waals surface area contributed by atoms with Gasteiger partial charge in [0.2, 0.25) is 5.91 Å². The van der Waals surface area contributed by atoms with Gasteiger partial charge in [-0.15, -0.1) is 0 Å². The van der Waals surface area contributed by atoms with E-state index in [-0.39, 0.29) is 18.3 Å². The van der Waals surface area contributed by atoms with E-state index >= 15 is 0 Å². The molecule has 1 amide bonds. The zero-order valence-electron chi connectivity index (χ0n) is 12.3. The third-order valence-electron chi connectivity index (χ3n) is 3.13. The maximum absolute atomic E-state index is 12.2. The third kappa shape index (κ3) is 5.87. The molecule has 0 N–H and O–H groups in total. The maximum Gasteiger partial charge on any atom is 0.307 e. The van der Waals surface area contributed by atoms with Crippen molar-refractivity contribution in [2.75, 3.05) is 20.2 Å². The maximum atomic E-state index is 12.2. The molecule has 0 aliphatic carbocycles. The molecule has 1 aromatic rings. The van der Waals surface area contributed by atoms with Crippen LogP contribution in [0.1, 0.15) is 31.7 Å². The van der Waals surface area contributed by atoms with Gasteiger partial charge < -0.3 is 9.64 Å². The first-order chi connectivity index (χ1) is 9.67. The van der Waals surface area contributed by atoms with Crippen LogP contribution in [0.3, 0.4) is 0 Å². The summed E-state index contributed by atoms with van der Waals surface area (Å²) in [6, 6.07) is 9.95. The van der Waals surface area contributed by atoms with E-state index in [1.165, 1.54) is 7.11 Å². The second-order valence-corrected chi connectivity index (χ2v) is 4.69. The van der Waals surface area contributed by atoms with Crippen molar-refractivity contribution in [2.24, 2.45) is 0 Å². The molecule has 0 heterocycles. The highest BCUT2D eigenvalue weighted by molar-refractivity contribution is 5.77. The molecule has 0 fully saturated rings. The molecule has 0 aliphatic rings. The topological polar surface area (TPSA) is 46.6 Å². The number of hydrogen-bond donors (Lipinski definition) is 0. The van der Waals surface area contributed by atoms with E-state index in [0.717, 1.165) is 18.4 Å². The second kappa shape index (κ2) is 9.13. The summed E-state index contributed by atoms with van der Waals surface area (Å²) in [6.45, 7) is 3.15. The van der Waals surface area contributed by atoms with E-state index in [9.17, 15) is 9.59 Å². The Morgan fingerprint density at radius 1 is 1.10 bits per heavy atom. The Kier molecular flexibility index (Phi) is 7.40. The smallest absolute Gasteiger partial charge is 0.307 e. The average molecular weight is 277 g/mol. The van der Waals surface area contributed by atoms with Crippen LogP contribution in [0.25, 0.3) is 0 Å². The lowest BCUT2D eigenvalue weighted by Crippen LogP contribution is -2.34. The fourth-order valence-electron chi connectivity index (χ4n) is 2.01. The molecule has 0 saturated carbocycles. The lowest BCUT2D eigenvalue weighted by molar-refractivity contribution is -0.141. The van der Waals surface area contributed by atoms with E-state index in [2.05, 4.69) is 4.74 Å². The van der Waals surface area contributed by atoms with Crippen molar-refractivity contribution in [2.45, 2.75) is 32.6 Å². The van der Waals surface area contributed by atoms with Gasteiger partial charge in [0, 0.05) is 19.5 Å². The van der Waals surface area contributed by atoms with Gasteiger partial charge >= 0.3 is 5.97 Å². The van der Waals surface area contributed by atoms with Crippen LogP contribution in [0.15, 0.2) is 30.3 Å². The summed E-state index contributed by atoms with van der Waals surface area (Å²) in [6.07, 6.45) is 2.36. The summed E-state index contributed by atoms with van der Waals surface area (Å²) in [5, 5.41) is 0. The van der Waals surface area contributed by atoms with Gasteiger partial charge in [0.05, 0.1) is 13.5 Å². The lowest BCUT2D eigenvalue weighted by Gasteiger charge is -2.21. The first-order valence-electron chi connectivity index (χ1n) is 7.06. The molecule has 0 aliphatic heterocycles. The molecule has 0 saturated heterocycles. The van der Waals surface area contributed by atoms with Crippen LogP contribution in [-0.2, 0) is 20.7 Å². The summed E-state index contributed by atoms with van der Waals surface area (Å²) >= 11 is 0. The Balaban J connectivity index is 2.44.